The number of sulfonamides is 1. The third-order valence-electron chi connectivity index (χ3n) is 5.30. The van der Waals surface area contributed by atoms with Crippen LogP contribution in [0.15, 0.2) is 65.8 Å². The normalized spacial score (nSPS) is 15.4. The molecule has 1 heterocycles. The van der Waals surface area contributed by atoms with Gasteiger partial charge in [0.25, 0.3) is 10.0 Å². The maximum Gasteiger partial charge on any atom is 0.264 e. The van der Waals surface area contributed by atoms with Gasteiger partial charge in [-0.2, -0.15) is 0 Å². The van der Waals surface area contributed by atoms with Crippen LogP contribution in [0, 0.1) is 0 Å². The van der Waals surface area contributed by atoms with Gasteiger partial charge in [-0.25, -0.2) is 13.1 Å². The second kappa shape index (κ2) is 8.14. The van der Waals surface area contributed by atoms with Crippen LogP contribution in [0.4, 0.5) is 5.95 Å². The Hall–Kier alpha value is -2.67. The molecule has 1 aliphatic rings. The van der Waals surface area contributed by atoms with E-state index in [4.69, 9.17) is 0 Å². The molecule has 4 rings (SSSR count). The Balaban J connectivity index is 1.49. The van der Waals surface area contributed by atoms with Crippen LogP contribution in [0.3, 0.4) is 0 Å². The van der Waals surface area contributed by atoms with E-state index < -0.39 is 10.0 Å². The molecule has 0 aliphatic heterocycles. The quantitative estimate of drug-likeness (QED) is 0.678. The second-order valence-electron chi connectivity index (χ2n) is 7.28. The lowest BCUT2D eigenvalue weighted by molar-refractivity contribution is 0.443. The van der Waals surface area contributed by atoms with Gasteiger partial charge >= 0.3 is 0 Å². The highest BCUT2D eigenvalue weighted by Gasteiger charge is 2.20. The van der Waals surface area contributed by atoms with Gasteiger partial charge in [-0.3, -0.25) is 4.57 Å². The molecular weight excluding hydrogens is 372 g/mol. The van der Waals surface area contributed by atoms with Crippen molar-refractivity contribution in [2.75, 3.05) is 4.72 Å². The summed E-state index contributed by atoms with van der Waals surface area (Å²) in [7, 11) is -3.72. The van der Waals surface area contributed by atoms with E-state index in [1.165, 1.54) is 44.0 Å². The van der Waals surface area contributed by atoms with Crippen molar-refractivity contribution >= 4 is 16.0 Å². The molecular formula is C21H24N4O2S. The minimum absolute atomic E-state index is 0.209. The summed E-state index contributed by atoms with van der Waals surface area (Å²) in [5, 5.41) is 7.79. The molecule has 1 saturated carbocycles. The van der Waals surface area contributed by atoms with Crippen molar-refractivity contribution in [3.63, 3.8) is 0 Å². The van der Waals surface area contributed by atoms with Gasteiger partial charge in [0.05, 0.1) is 11.4 Å². The molecule has 1 N–H and O–H groups in total. The van der Waals surface area contributed by atoms with Gasteiger partial charge in [0.2, 0.25) is 5.95 Å². The first-order valence-electron chi connectivity index (χ1n) is 9.66. The summed E-state index contributed by atoms with van der Waals surface area (Å²) in [4.78, 5) is 0.237. The van der Waals surface area contributed by atoms with Crippen LogP contribution in [0.2, 0.25) is 0 Å². The Labute approximate surface area is 165 Å². The molecule has 7 heteroatoms. The number of anilines is 1. The van der Waals surface area contributed by atoms with Crippen LogP contribution in [0.25, 0.3) is 0 Å². The minimum Gasteiger partial charge on any atom is -0.295 e. The van der Waals surface area contributed by atoms with Crippen LogP contribution in [-0.2, 0) is 16.6 Å². The zero-order valence-electron chi connectivity index (χ0n) is 15.7. The largest absolute Gasteiger partial charge is 0.295 e. The van der Waals surface area contributed by atoms with Gasteiger partial charge in [-0.1, -0.05) is 61.7 Å². The van der Waals surface area contributed by atoms with Crippen LogP contribution in [0.5, 0.6) is 0 Å². The van der Waals surface area contributed by atoms with Crippen molar-refractivity contribution in [2.45, 2.75) is 49.5 Å². The van der Waals surface area contributed by atoms with Crippen molar-refractivity contribution in [2.24, 2.45) is 0 Å². The molecule has 0 radical (unpaired) electrons. The predicted octanol–water partition coefficient (Wildman–Crippen LogP) is 4.17. The zero-order valence-corrected chi connectivity index (χ0v) is 16.5. The van der Waals surface area contributed by atoms with E-state index in [0.29, 0.717) is 12.5 Å². The van der Waals surface area contributed by atoms with E-state index in [0.717, 1.165) is 5.56 Å². The Bertz CT molecular complexity index is 1010. The Morgan fingerprint density at radius 3 is 2.39 bits per heavy atom. The van der Waals surface area contributed by atoms with E-state index in [9.17, 15) is 8.42 Å². The van der Waals surface area contributed by atoms with Crippen LogP contribution >= 0.6 is 0 Å². The summed E-state index contributed by atoms with van der Waals surface area (Å²) in [5.41, 5.74) is 2.27. The molecule has 0 atom stereocenters. The molecule has 0 saturated heterocycles. The SMILES string of the molecule is O=S(=O)(Nc1nncn1Cc1ccccc1)c1ccc(C2CCCCC2)cc1. The summed E-state index contributed by atoms with van der Waals surface area (Å²) in [6.07, 6.45) is 7.71. The van der Waals surface area contributed by atoms with E-state index in [-0.39, 0.29) is 10.8 Å². The molecule has 1 fully saturated rings. The fourth-order valence-corrected chi connectivity index (χ4v) is 4.77. The van der Waals surface area contributed by atoms with Gasteiger partial charge in [0.1, 0.15) is 6.33 Å². The summed E-state index contributed by atoms with van der Waals surface area (Å²) >= 11 is 0. The molecule has 1 aromatic heterocycles. The van der Waals surface area contributed by atoms with Gasteiger partial charge in [0.15, 0.2) is 0 Å². The van der Waals surface area contributed by atoms with E-state index in [1.807, 2.05) is 42.5 Å². The van der Waals surface area contributed by atoms with Crippen molar-refractivity contribution in [1.82, 2.24) is 14.8 Å². The fraction of sp³-hybridized carbons (Fsp3) is 0.333. The number of nitrogens with zero attached hydrogens (tertiary/aromatic N) is 3. The van der Waals surface area contributed by atoms with Gasteiger partial charge in [0, 0.05) is 0 Å². The van der Waals surface area contributed by atoms with Gasteiger partial charge in [-0.05, 0) is 42.0 Å². The summed E-state index contributed by atoms with van der Waals surface area (Å²) in [5.74, 6) is 0.757. The average Bonchev–Trinajstić information content (AvgIpc) is 3.15. The minimum atomic E-state index is -3.72. The van der Waals surface area contributed by atoms with E-state index >= 15 is 0 Å². The number of benzene rings is 2. The molecule has 28 heavy (non-hydrogen) atoms. The van der Waals surface area contributed by atoms with E-state index in [1.54, 1.807) is 16.7 Å². The Morgan fingerprint density at radius 2 is 1.68 bits per heavy atom. The topological polar surface area (TPSA) is 76.9 Å². The highest BCUT2D eigenvalue weighted by atomic mass is 32.2. The lowest BCUT2D eigenvalue weighted by atomic mass is 9.84. The van der Waals surface area contributed by atoms with Crippen molar-refractivity contribution in [3.8, 4) is 0 Å². The Morgan fingerprint density at radius 1 is 0.964 bits per heavy atom. The van der Waals surface area contributed by atoms with Crippen LogP contribution in [0.1, 0.15) is 49.1 Å². The van der Waals surface area contributed by atoms with E-state index in [2.05, 4.69) is 14.9 Å². The molecule has 146 valence electrons. The molecule has 6 nitrogen and oxygen atoms in total. The highest BCUT2D eigenvalue weighted by molar-refractivity contribution is 7.92. The monoisotopic (exact) mass is 396 g/mol. The number of hydrogen-bond acceptors (Lipinski definition) is 4. The van der Waals surface area contributed by atoms with Gasteiger partial charge < -0.3 is 0 Å². The zero-order chi connectivity index (χ0) is 19.4. The Kier molecular flexibility index (Phi) is 5.43. The summed E-state index contributed by atoms with van der Waals surface area (Å²) in [6, 6.07) is 17.0. The maximum atomic E-state index is 12.8. The highest BCUT2D eigenvalue weighted by Crippen LogP contribution is 2.33. The van der Waals surface area contributed by atoms with Crippen LogP contribution in [-0.4, -0.2) is 23.2 Å². The second-order valence-corrected chi connectivity index (χ2v) is 8.96. The number of rotatable bonds is 6. The average molecular weight is 397 g/mol. The predicted molar refractivity (Wildman–Crippen MR) is 109 cm³/mol. The molecule has 0 unspecified atom stereocenters. The van der Waals surface area contributed by atoms with Gasteiger partial charge in [-0.15, -0.1) is 10.2 Å². The number of hydrogen-bond donors (Lipinski definition) is 1. The first kappa shape index (κ1) is 18.7. The lowest BCUT2D eigenvalue weighted by Crippen LogP contribution is -2.17. The van der Waals surface area contributed by atoms with Crippen molar-refractivity contribution in [3.05, 3.63) is 72.1 Å². The van der Waals surface area contributed by atoms with Crippen molar-refractivity contribution < 1.29 is 8.42 Å². The smallest absolute Gasteiger partial charge is 0.264 e. The molecule has 3 aromatic rings. The third-order valence-corrected chi connectivity index (χ3v) is 6.65. The maximum absolute atomic E-state index is 12.8. The molecule has 0 spiro atoms. The summed E-state index contributed by atoms with van der Waals surface area (Å²) in [6.45, 7) is 0.492. The summed E-state index contributed by atoms with van der Waals surface area (Å²) < 4.78 is 29.8. The van der Waals surface area contributed by atoms with Crippen LogP contribution < -0.4 is 4.72 Å². The third kappa shape index (κ3) is 4.25. The molecule has 2 aromatic carbocycles. The lowest BCUT2D eigenvalue weighted by Gasteiger charge is -2.22. The fourth-order valence-electron chi connectivity index (χ4n) is 3.76. The van der Waals surface area contributed by atoms with Crippen molar-refractivity contribution in [1.29, 1.82) is 0 Å². The molecule has 0 amide bonds. The standard InChI is InChI=1S/C21H24N4O2S/c26-28(27,20-13-11-19(12-14-20)18-9-5-2-6-10-18)24-21-23-22-16-25(21)15-17-7-3-1-4-8-17/h1,3-4,7-8,11-14,16,18H,2,5-6,9-10,15H2,(H,23,24). The first-order valence-corrected chi connectivity index (χ1v) is 11.1. The number of aromatic nitrogens is 3. The molecule has 0 bridgehead atoms. The first-order chi connectivity index (χ1) is 13.6. The molecule has 1 aliphatic carbocycles. The number of nitrogens with one attached hydrogen (secondary N) is 1.